The molecule has 2 aromatic rings. The van der Waals surface area contributed by atoms with Gasteiger partial charge >= 0.3 is 0 Å². The van der Waals surface area contributed by atoms with Crippen molar-refractivity contribution in [1.29, 1.82) is 0 Å². The van der Waals surface area contributed by atoms with Gasteiger partial charge < -0.3 is 10.3 Å². The van der Waals surface area contributed by atoms with Crippen molar-refractivity contribution in [2.75, 3.05) is 12.3 Å². The van der Waals surface area contributed by atoms with Gasteiger partial charge in [-0.25, -0.2) is 4.98 Å². The molecule has 0 spiro atoms. The number of hydrogen-bond acceptors (Lipinski definition) is 3. The monoisotopic (exact) mass is 275 g/mol. The number of imidazole rings is 1. The first-order valence-corrected chi connectivity index (χ1v) is 7.42. The molecular weight excluding hydrogens is 254 g/mol. The average molecular weight is 275 g/mol. The van der Waals surface area contributed by atoms with Crippen LogP contribution < -0.4 is 5.32 Å². The van der Waals surface area contributed by atoms with Crippen LogP contribution in [0.25, 0.3) is 11.0 Å². The topological polar surface area (TPSA) is 40.7 Å². The summed E-state index contributed by atoms with van der Waals surface area (Å²) in [5.41, 5.74) is 3.42. The zero-order valence-electron chi connectivity index (χ0n) is 11.8. The largest absolute Gasteiger partial charge is 0.333 e. The number of H-pyrrole nitrogens is 1. The number of nitrogens with zero attached hydrogens (tertiary/aromatic N) is 1. The second kappa shape index (κ2) is 5.80. The average Bonchev–Trinajstić information content (AvgIpc) is 2.75. The maximum absolute atomic E-state index is 4.54. The lowest BCUT2D eigenvalue weighted by atomic mass is 10.1. The lowest BCUT2D eigenvalue weighted by Crippen LogP contribution is -2.37. The van der Waals surface area contributed by atoms with Gasteiger partial charge in [0.1, 0.15) is 0 Å². The van der Waals surface area contributed by atoms with Crippen molar-refractivity contribution in [2.45, 2.75) is 31.5 Å². The first kappa shape index (κ1) is 14.2. The van der Waals surface area contributed by atoms with Crippen molar-refractivity contribution in [1.82, 2.24) is 15.3 Å². The smallest absolute Gasteiger partial charge is 0.166 e. The van der Waals surface area contributed by atoms with Crippen molar-refractivity contribution in [3.8, 4) is 0 Å². The fraction of sp³-hybridized carbons (Fsp3) is 0.400. The predicted octanol–water partition coefficient (Wildman–Crippen LogP) is 3.60. The van der Waals surface area contributed by atoms with Gasteiger partial charge in [0.05, 0.1) is 11.0 Å². The quantitative estimate of drug-likeness (QED) is 0.647. The Balaban J connectivity index is 1.86. The number of fused-ring (bicyclic) bond motifs is 1. The van der Waals surface area contributed by atoms with Gasteiger partial charge in [-0.05, 0) is 32.9 Å². The van der Waals surface area contributed by atoms with Crippen LogP contribution in [0.2, 0.25) is 0 Å². The minimum absolute atomic E-state index is 0.132. The third-order valence-electron chi connectivity index (χ3n) is 2.65. The minimum atomic E-state index is 0.132. The first-order valence-electron chi connectivity index (χ1n) is 6.43. The summed E-state index contributed by atoms with van der Waals surface area (Å²) < 4.78 is 0. The zero-order valence-corrected chi connectivity index (χ0v) is 12.6. The molecule has 0 amide bonds. The number of hydrogen-bond donors (Lipinski definition) is 2. The molecule has 2 rings (SSSR count). The van der Waals surface area contributed by atoms with E-state index in [0.29, 0.717) is 0 Å². The molecule has 1 heterocycles. The van der Waals surface area contributed by atoms with E-state index in [1.54, 1.807) is 11.8 Å². The van der Waals surface area contributed by atoms with Crippen LogP contribution in [0.1, 0.15) is 20.8 Å². The summed E-state index contributed by atoms with van der Waals surface area (Å²) in [6, 6.07) is 8.08. The van der Waals surface area contributed by atoms with Crippen LogP contribution in [0.4, 0.5) is 0 Å². The van der Waals surface area contributed by atoms with Crippen LogP contribution in [0.3, 0.4) is 0 Å². The molecule has 0 saturated heterocycles. The minimum Gasteiger partial charge on any atom is -0.333 e. The number of nitrogens with one attached hydrogen (secondary N) is 2. The Bertz CT molecular complexity index is 533. The SMILES string of the molecule is C=C(CNC(C)(C)C)CSc1nc2ccccc2[nH]1. The van der Waals surface area contributed by atoms with Gasteiger partial charge in [0.25, 0.3) is 0 Å². The molecule has 0 atom stereocenters. The fourth-order valence-corrected chi connectivity index (χ4v) is 2.40. The number of rotatable bonds is 5. The molecule has 0 unspecified atom stereocenters. The van der Waals surface area contributed by atoms with E-state index in [-0.39, 0.29) is 5.54 Å². The molecule has 2 N–H and O–H groups in total. The molecule has 4 heteroatoms. The highest BCUT2D eigenvalue weighted by atomic mass is 32.2. The van der Waals surface area contributed by atoms with Crippen LogP contribution in [0, 0.1) is 0 Å². The number of aromatic amines is 1. The Morgan fingerprint density at radius 3 is 2.79 bits per heavy atom. The second-order valence-corrected chi connectivity index (χ2v) is 6.67. The van der Waals surface area contributed by atoms with Gasteiger partial charge in [0.2, 0.25) is 0 Å². The molecule has 1 aromatic carbocycles. The van der Waals surface area contributed by atoms with Crippen molar-refractivity contribution in [3.05, 3.63) is 36.4 Å². The van der Waals surface area contributed by atoms with E-state index in [2.05, 4.69) is 42.6 Å². The van der Waals surface area contributed by atoms with E-state index in [1.165, 1.54) is 5.57 Å². The van der Waals surface area contributed by atoms with Crippen molar-refractivity contribution >= 4 is 22.8 Å². The highest BCUT2D eigenvalue weighted by molar-refractivity contribution is 7.99. The lowest BCUT2D eigenvalue weighted by molar-refractivity contribution is 0.445. The summed E-state index contributed by atoms with van der Waals surface area (Å²) in [5.74, 6) is 0.878. The van der Waals surface area contributed by atoms with Gasteiger partial charge in [-0.2, -0.15) is 0 Å². The lowest BCUT2D eigenvalue weighted by Gasteiger charge is -2.21. The van der Waals surface area contributed by atoms with Gasteiger partial charge in [0.15, 0.2) is 5.16 Å². The maximum Gasteiger partial charge on any atom is 0.166 e. The summed E-state index contributed by atoms with van der Waals surface area (Å²) in [6.07, 6.45) is 0. The number of aromatic nitrogens is 2. The summed E-state index contributed by atoms with van der Waals surface area (Å²) in [7, 11) is 0. The van der Waals surface area contributed by atoms with E-state index in [0.717, 1.165) is 28.5 Å². The van der Waals surface area contributed by atoms with E-state index >= 15 is 0 Å². The first-order chi connectivity index (χ1) is 8.94. The van der Waals surface area contributed by atoms with Gasteiger partial charge in [0, 0.05) is 17.8 Å². The van der Waals surface area contributed by atoms with E-state index in [1.807, 2.05) is 24.3 Å². The van der Waals surface area contributed by atoms with Crippen LogP contribution >= 0.6 is 11.8 Å². The summed E-state index contributed by atoms with van der Waals surface area (Å²) >= 11 is 1.70. The van der Waals surface area contributed by atoms with Crippen LogP contribution in [0.5, 0.6) is 0 Å². The van der Waals surface area contributed by atoms with E-state index in [9.17, 15) is 0 Å². The zero-order chi connectivity index (χ0) is 13.9. The normalized spacial score (nSPS) is 11.9. The summed E-state index contributed by atoms with van der Waals surface area (Å²) in [4.78, 5) is 7.85. The van der Waals surface area contributed by atoms with Crippen molar-refractivity contribution in [2.24, 2.45) is 0 Å². The Labute approximate surface area is 118 Å². The highest BCUT2D eigenvalue weighted by Crippen LogP contribution is 2.20. The van der Waals surface area contributed by atoms with Crippen molar-refractivity contribution in [3.63, 3.8) is 0 Å². The third kappa shape index (κ3) is 4.40. The molecule has 1 aromatic heterocycles. The number of para-hydroxylation sites is 2. The molecule has 0 saturated carbocycles. The molecular formula is C15H21N3S. The van der Waals surface area contributed by atoms with Crippen LogP contribution in [-0.2, 0) is 0 Å². The molecule has 19 heavy (non-hydrogen) atoms. The maximum atomic E-state index is 4.54. The van der Waals surface area contributed by atoms with Crippen LogP contribution in [-0.4, -0.2) is 27.8 Å². The molecule has 3 nitrogen and oxygen atoms in total. The summed E-state index contributed by atoms with van der Waals surface area (Å²) in [5, 5.41) is 4.40. The molecule has 0 aliphatic carbocycles. The summed E-state index contributed by atoms with van der Waals surface area (Å²) in [6.45, 7) is 11.4. The molecule has 102 valence electrons. The van der Waals surface area contributed by atoms with Crippen molar-refractivity contribution < 1.29 is 0 Å². The Hall–Kier alpha value is -1.26. The van der Waals surface area contributed by atoms with Gasteiger partial charge in [-0.15, -0.1) is 0 Å². The third-order valence-corrected chi connectivity index (χ3v) is 3.67. The second-order valence-electron chi connectivity index (χ2n) is 5.70. The van der Waals surface area contributed by atoms with E-state index in [4.69, 9.17) is 0 Å². The molecule has 0 fully saturated rings. The molecule has 0 aliphatic heterocycles. The Kier molecular flexibility index (Phi) is 4.32. The molecule has 0 radical (unpaired) electrons. The fourth-order valence-electron chi connectivity index (χ4n) is 1.61. The number of thioether (sulfide) groups is 1. The van der Waals surface area contributed by atoms with Gasteiger partial charge in [-0.3, -0.25) is 0 Å². The Morgan fingerprint density at radius 1 is 1.37 bits per heavy atom. The molecule has 0 bridgehead atoms. The number of benzene rings is 1. The van der Waals surface area contributed by atoms with E-state index < -0.39 is 0 Å². The van der Waals surface area contributed by atoms with Crippen LogP contribution in [0.15, 0.2) is 41.6 Å². The van der Waals surface area contributed by atoms with Gasteiger partial charge in [-0.1, -0.05) is 36.0 Å². The standard InChI is InChI=1S/C15H21N3S/c1-11(9-16-15(2,3)4)10-19-14-17-12-7-5-6-8-13(12)18-14/h5-8,16H,1,9-10H2,2-4H3,(H,17,18). The molecule has 0 aliphatic rings. The Morgan fingerprint density at radius 2 is 2.11 bits per heavy atom. The highest BCUT2D eigenvalue weighted by Gasteiger charge is 2.09. The predicted molar refractivity (Wildman–Crippen MR) is 83.7 cm³/mol.